The fraction of sp³-hybridized carbons (Fsp3) is 0. The van der Waals surface area contributed by atoms with Crippen LogP contribution in [0.5, 0.6) is 0 Å². The van der Waals surface area contributed by atoms with Crippen molar-refractivity contribution < 1.29 is 13.2 Å². The lowest BCUT2D eigenvalue weighted by Crippen LogP contribution is -1.88. The molecule has 0 radical (unpaired) electrons. The number of hydrogen-bond acceptors (Lipinski definition) is 3. The van der Waals surface area contributed by atoms with E-state index in [2.05, 4.69) is 4.98 Å². The molecule has 0 saturated carbocycles. The van der Waals surface area contributed by atoms with E-state index in [1.807, 2.05) is 0 Å². The highest BCUT2D eigenvalue weighted by Gasteiger charge is 2.17. The maximum absolute atomic E-state index is 13.3. The third kappa shape index (κ3) is 1.66. The van der Waals surface area contributed by atoms with E-state index in [4.69, 9.17) is 21.8 Å². The Morgan fingerprint density at radius 1 is 1.27 bits per heavy atom. The molecule has 2 aromatic rings. The number of aromatic nitrogens is 1. The van der Waals surface area contributed by atoms with Gasteiger partial charge in [0.2, 0.25) is 0 Å². The van der Waals surface area contributed by atoms with Gasteiger partial charge in [-0.05, 0) is 12.1 Å². The van der Waals surface area contributed by atoms with Crippen LogP contribution in [0.4, 0.5) is 14.8 Å². The molecule has 1 aromatic carbocycles. The third-order valence-electron chi connectivity index (χ3n) is 1.81. The molecule has 0 bridgehead atoms. The molecule has 0 aliphatic heterocycles. The highest BCUT2D eigenvalue weighted by atomic mass is 35.5. The van der Waals surface area contributed by atoms with Crippen molar-refractivity contribution in [2.75, 3.05) is 5.73 Å². The quantitative estimate of drug-likeness (QED) is 0.767. The van der Waals surface area contributed by atoms with Crippen LogP contribution in [0.3, 0.4) is 0 Å². The second kappa shape index (κ2) is 3.51. The van der Waals surface area contributed by atoms with Gasteiger partial charge in [0.25, 0.3) is 6.01 Å². The number of nitrogen functional groups attached to an aromatic ring is 1. The highest BCUT2D eigenvalue weighted by molar-refractivity contribution is 6.33. The zero-order valence-electron chi connectivity index (χ0n) is 7.30. The Kier molecular flexibility index (Phi) is 2.32. The normalized spacial score (nSPS) is 10.6. The van der Waals surface area contributed by atoms with E-state index in [-0.39, 0.29) is 22.4 Å². The maximum atomic E-state index is 13.3. The van der Waals surface area contributed by atoms with Crippen molar-refractivity contribution in [3.8, 4) is 11.3 Å². The summed E-state index contributed by atoms with van der Waals surface area (Å²) in [6, 6.07) is 1.75. The molecular formula is C9H5ClF2N2O. The molecule has 0 atom stereocenters. The molecule has 0 fully saturated rings. The number of nitrogens with two attached hydrogens (primary N) is 1. The van der Waals surface area contributed by atoms with Crippen molar-refractivity contribution in [3.05, 3.63) is 35.0 Å². The fourth-order valence-corrected chi connectivity index (χ4v) is 1.40. The SMILES string of the molecule is Nc1ncc(-c2c(F)ccc(F)c2Cl)o1. The lowest BCUT2D eigenvalue weighted by atomic mass is 10.1. The molecule has 15 heavy (non-hydrogen) atoms. The first-order valence-corrected chi connectivity index (χ1v) is 4.32. The summed E-state index contributed by atoms with van der Waals surface area (Å²) in [7, 11) is 0. The van der Waals surface area contributed by atoms with Crippen molar-refractivity contribution in [1.29, 1.82) is 0 Å². The first-order chi connectivity index (χ1) is 7.09. The largest absolute Gasteiger partial charge is 0.424 e. The average Bonchev–Trinajstić information content (AvgIpc) is 2.59. The van der Waals surface area contributed by atoms with Crippen LogP contribution in [0.2, 0.25) is 5.02 Å². The Morgan fingerprint density at radius 2 is 1.93 bits per heavy atom. The van der Waals surface area contributed by atoms with Gasteiger partial charge in [0.15, 0.2) is 5.76 Å². The minimum atomic E-state index is -0.733. The second-order valence-electron chi connectivity index (χ2n) is 2.78. The van der Waals surface area contributed by atoms with Crippen LogP contribution in [0.25, 0.3) is 11.3 Å². The van der Waals surface area contributed by atoms with E-state index in [1.54, 1.807) is 0 Å². The average molecular weight is 231 g/mol. The molecule has 3 nitrogen and oxygen atoms in total. The first kappa shape index (κ1) is 9.92. The summed E-state index contributed by atoms with van der Waals surface area (Å²) >= 11 is 5.60. The Morgan fingerprint density at radius 3 is 2.53 bits per heavy atom. The fourth-order valence-electron chi connectivity index (χ4n) is 1.16. The Balaban J connectivity index is 2.66. The van der Waals surface area contributed by atoms with Crippen molar-refractivity contribution in [2.24, 2.45) is 0 Å². The number of anilines is 1. The summed E-state index contributed by atoms with van der Waals surface area (Å²) in [6.07, 6.45) is 1.18. The molecule has 6 heteroatoms. The van der Waals surface area contributed by atoms with Gasteiger partial charge in [-0.15, -0.1) is 0 Å². The molecule has 0 saturated heterocycles. The summed E-state index contributed by atoms with van der Waals surface area (Å²) in [6.45, 7) is 0. The smallest absolute Gasteiger partial charge is 0.292 e. The van der Waals surface area contributed by atoms with Gasteiger partial charge in [-0.1, -0.05) is 11.6 Å². The molecule has 2 N–H and O–H groups in total. The Hall–Kier alpha value is -1.62. The predicted molar refractivity (Wildman–Crippen MR) is 51.3 cm³/mol. The zero-order chi connectivity index (χ0) is 11.0. The third-order valence-corrected chi connectivity index (χ3v) is 2.18. The standard InChI is InChI=1S/C9H5ClF2N2O/c10-8-5(12)2-1-4(11)7(8)6-3-14-9(13)15-6/h1-3H,(H2,13,14). The molecule has 0 aliphatic carbocycles. The van der Waals surface area contributed by atoms with Crippen LogP contribution < -0.4 is 5.73 Å². The monoisotopic (exact) mass is 230 g/mol. The van der Waals surface area contributed by atoms with Crippen LogP contribution >= 0.6 is 11.6 Å². The summed E-state index contributed by atoms with van der Waals surface area (Å²) in [5.41, 5.74) is 5.04. The van der Waals surface area contributed by atoms with Gasteiger partial charge in [0, 0.05) is 0 Å². The van der Waals surface area contributed by atoms with Crippen LogP contribution in [0.1, 0.15) is 0 Å². The predicted octanol–water partition coefficient (Wildman–Crippen LogP) is 2.86. The van der Waals surface area contributed by atoms with E-state index in [9.17, 15) is 8.78 Å². The molecular weight excluding hydrogens is 226 g/mol. The van der Waals surface area contributed by atoms with Crippen molar-refractivity contribution in [1.82, 2.24) is 4.98 Å². The highest BCUT2D eigenvalue weighted by Crippen LogP contribution is 2.33. The van der Waals surface area contributed by atoms with Crippen molar-refractivity contribution in [2.45, 2.75) is 0 Å². The lowest BCUT2D eigenvalue weighted by Gasteiger charge is -2.02. The van der Waals surface area contributed by atoms with E-state index in [0.717, 1.165) is 12.1 Å². The second-order valence-corrected chi connectivity index (χ2v) is 3.16. The minimum Gasteiger partial charge on any atom is -0.424 e. The van der Waals surface area contributed by atoms with Gasteiger partial charge in [0.05, 0.1) is 16.8 Å². The molecule has 78 valence electrons. The van der Waals surface area contributed by atoms with Crippen molar-refractivity contribution in [3.63, 3.8) is 0 Å². The molecule has 0 spiro atoms. The molecule has 2 rings (SSSR count). The molecule has 0 aliphatic rings. The maximum Gasteiger partial charge on any atom is 0.292 e. The van der Waals surface area contributed by atoms with Gasteiger partial charge in [-0.2, -0.15) is 0 Å². The van der Waals surface area contributed by atoms with Crippen LogP contribution in [0, 0.1) is 11.6 Å². The van der Waals surface area contributed by atoms with Crippen LogP contribution in [-0.4, -0.2) is 4.98 Å². The van der Waals surface area contributed by atoms with E-state index in [1.165, 1.54) is 6.20 Å². The first-order valence-electron chi connectivity index (χ1n) is 3.95. The number of benzene rings is 1. The summed E-state index contributed by atoms with van der Waals surface area (Å²) < 4.78 is 31.3. The number of rotatable bonds is 1. The van der Waals surface area contributed by atoms with Gasteiger partial charge < -0.3 is 10.2 Å². The summed E-state index contributed by atoms with van der Waals surface area (Å²) in [5.74, 6) is -1.44. The summed E-state index contributed by atoms with van der Waals surface area (Å²) in [5, 5.41) is -0.355. The minimum absolute atomic E-state index is 0.00509. The molecule has 1 heterocycles. The number of nitrogens with zero attached hydrogens (tertiary/aromatic N) is 1. The molecule has 0 unspecified atom stereocenters. The molecule has 0 amide bonds. The Bertz CT molecular complexity index is 513. The van der Waals surface area contributed by atoms with Crippen molar-refractivity contribution >= 4 is 17.6 Å². The summed E-state index contributed by atoms with van der Waals surface area (Å²) in [4.78, 5) is 3.57. The van der Waals surface area contributed by atoms with Crippen LogP contribution in [-0.2, 0) is 0 Å². The van der Waals surface area contributed by atoms with E-state index >= 15 is 0 Å². The van der Waals surface area contributed by atoms with Gasteiger partial charge in [-0.25, -0.2) is 13.8 Å². The van der Waals surface area contributed by atoms with Crippen LogP contribution in [0.15, 0.2) is 22.7 Å². The zero-order valence-corrected chi connectivity index (χ0v) is 8.05. The van der Waals surface area contributed by atoms with E-state index < -0.39 is 11.6 Å². The van der Waals surface area contributed by atoms with Gasteiger partial charge in [-0.3, -0.25) is 0 Å². The van der Waals surface area contributed by atoms with Gasteiger partial charge in [0.1, 0.15) is 11.6 Å². The number of oxazole rings is 1. The lowest BCUT2D eigenvalue weighted by molar-refractivity contribution is 0.572. The number of hydrogen-bond donors (Lipinski definition) is 1. The topological polar surface area (TPSA) is 52.0 Å². The van der Waals surface area contributed by atoms with Gasteiger partial charge >= 0.3 is 0 Å². The molecule has 1 aromatic heterocycles. The number of halogens is 3. The van der Waals surface area contributed by atoms with E-state index in [0.29, 0.717) is 0 Å². The Labute approximate surface area is 88.5 Å².